The SMILES string of the molecule is O[C@H]1CCCOc2ccc(Oc3ccccc3)cc21. The van der Waals surface area contributed by atoms with Gasteiger partial charge < -0.3 is 14.6 Å². The number of fused-ring (bicyclic) bond motifs is 1. The Labute approximate surface area is 112 Å². The molecule has 2 aromatic carbocycles. The van der Waals surface area contributed by atoms with Crippen LogP contribution in [0.4, 0.5) is 0 Å². The first kappa shape index (κ1) is 12.1. The van der Waals surface area contributed by atoms with Gasteiger partial charge in [-0.3, -0.25) is 0 Å². The van der Waals surface area contributed by atoms with E-state index in [1.165, 1.54) is 0 Å². The average Bonchev–Trinajstić information content (AvgIpc) is 2.62. The molecule has 3 nitrogen and oxygen atoms in total. The molecule has 0 saturated carbocycles. The summed E-state index contributed by atoms with van der Waals surface area (Å²) in [6, 6.07) is 15.2. The van der Waals surface area contributed by atoms with Gasteiger partial charge in [-0.25, -0.2) is 0 Å². The van der Waals surface area contributed by atoms with Crippen LogP contribution in [0, 0.1) is 0 Å². The Bertz CT molecular complexity index is 551. The molecule has 0 spiro atoms. The molecule has 1 N–H and O–H groups in total. The highest BCUT2D eigenvalue weighted by atomic mass is 16.5. The Balaban J connectivity index is 1.88. The number of hydrogen-bond acceptors (Lipinski definition) is 3. The molecule has 1 aliphatic rings. The third-order valence-corrected chi connectivity index (χ3v) is 3.20. The van der Waals surface area contributed by atoms with Gasteiger partial charge >= 0.3 is 0 Å². The first-order chi connectivity index (χ1) is 9.33. The van der Waals surface area contributed by atoms with Crippen LogP contribution >= 0.6 is 0 Å². The summed E-state index contributed by atoms with van der Waals surface area (Å²) in [6.45, 7) is 0.656. The standard InChI is InChI=1S/C16H16O3/c17-15-7-4-10-18-16-9-8-13(11-14(15)16)19-12-5-2-1-3-6-12/h1-3,5-6,8-9,11,15,17H,4,7,10H2/t15-/m0/s1. The summed E-state index contributed by atoms with van der Waals surface area (Å²) in [5, 5.41) is 10.1. The highest BCUT2D eigenvalue weighted by Crippen LogP contribution is 2.35. The molecule has 0 bridgehead atoms. The second kappa shape index (κ2) is 5.33. The number of para-hydroxylation sites is 1. The lowest BCUT2D eigenvalue weighted by Crippen LogP contribution is -1.97. The van der Waals surface area contributed by atoms with E-state index in [0.29, 0.717) is 6.61 Å². The van der Waals surface area contributed by atoms with Crippen molar-refractivity contribution in [2.24, 2.45) is 0 Å². The summed E-state index contributed by atoms with van der Waals surface area (Å²) >= 11 is 0. The molecule has 3 rings (SSSR count). The first-order valence-electron chi connectivity index (χ1n) is 6.50. The maximum Gasteiger partial charge on any atom is 0.128 e. The zero-order valence-electron chi connectivity index (χ0n) is 10.6. The minimum absolute atomic E-state index is 0.475. The van der Waals surface area contributed by atoms with Crippen molar-refractivity contribution in [3.05, 3.63) is 54.1 Å². The van der Waals surface area contributed by atoms with E-state index in [4.69, 9.17) is 9.47 Å². The molecule has 0 amide bonds. The maximum absolute atomic E-state index is 10.1. The van der Waals surface area contributed by atoms with Gasteiger partial charge in [-0.2, -0.15) is 0 Å². The second-order valence-electron chi connectivity index (χ2n) is 4.62. The van der Waals surface area contributed by atoms with E-state index < -0.39 is 6.10 Å². The highest BCUT2D eigenvalue weighted by Gasteiger charge is 2.18. The minimum atomic E-state index is -0.475. The van der Waals surface area contributed by atoms with Gasteiger partial charge in [0.1, 0.15) is 17.2 Å². The van der Waals surface area contributed by atoms with E-state index in [0.717, 1.165) is 35.7 Å². The molecule has 0 unspecified atom stereocenters. The Kier molecular flexibility index (Phi) is 3.38. The van der Waals surface area contributed by atoms with Gasteiger partial charge in [-0.05, 0) is 43.2 Å². The van der Waals surface area contributed by atoms with E-state index >= 15 is 0 Å². The molecular formula is C16H16O3. The molecule has 0 aromatic heterocycles. The molecule has 0 fully saturated rings. The van der Waals surface area contributed by atoms with Crippen molar-refractivity contribution in [1.82, 2.24) is 0 Å². The first-order valence-corrected chi connectivity index (χ1v) is 6.50. The van der Waals surface area contributed by atoms with Gasteiger partial charge in [0.15, 0.2) is 0 Å². The van der Waals surface area contributed by atoms with Gasteiger partial charge in [-0.15, -0.1) is 0 Å². The second-order valence-corrected chi connectivity index (χ2v) is 4.62. The summed E-state index contributed by atoms with van der Waals surface area (Å²) in [7, 11) is 0. The predicted octanol–water partition coefficient (Wildman–Crippen LogP) is 3.68. The van der Waals surface area contributed by atoms with E-state index in [2.05, 4.69) is 0 Å². The lowest BCUT2D eigenvalue weighted by atomic mass is 10.0. The fourth-order valence-corrected chi connectivity index (χ4v) is 2.22. The molecule has 1 aliphatic heterocycles. The van der Waals surface area contributed by atoms with Crippen LogP contribution in [0.3, 0.4) is 0 Å². The largest absolute Gasteiger partial charge is 0.493 e. The Morgan fingerprint density at radius 3 is 2.74 bits per heavy atom. The van der Waals surface area contributed by atoms with E-state index in [1.807, 2.05) is 48.5 Å². The third-order valence-electron chi connectivity index (χ3n) is 3.20. The zero-order valence-corrected chi connectivity index (χ0v) is 10.6. The predicted molar refractivity (Wildman–Crippen MR) is 72.6 cm³/mol. The Hall–Kier alpha value is -2.00. The number of benzene rings is 2. The lowest BCUT2D eigenvalue weighted by molar-refractivity contribution is 0.167. The van der Waals surface area contributed by atoms with Gasteiger partial charge in [0.05, 0.1) is 12.7 Å². The van der Waals surface area contributed by atoms with Crippen molar-refractivity contribution in [2.75, 3.05) is 6.61 Å². The van der Waals surface area contributed by atoms with Crippen LogP contribution in [0.15, 0.2) is 48.5 Å². The highest BCUT2D eigenvalue weighted by molar-refractivity contribution is 5.43. The zero-order chi connectivity index (χ0) is 13.1. The Morgan fingerprint density at radius 2 is 1.89 bits per heavy atom. The lowest BCUT2D eigenvalue weighted by Gasteiger charge is -2.13. The van der Waals surface area contributed by atoms with Crippen LogP contribution in [0.2, 0.25) is 0 Å². The topological polar surface area (TPSA) is 38.7 Å². The Morgan fingerprint density at radius 1 is 1.05 bits per heavy atom. The van der Waals surface area contributed by atoms with Gasteiger partial charge in [0.2, 0.25) is 0 Å². The van der Waals surface area contributed by atoms with Crippen LogP contribution in [-0.4, -0.2) is 11.7 Å². The van der Waals surface area contributed by atoms with Crippen molar-refractivity contribution < 1.29 is 14.6 Å². The number of ether oxygens (including phenoxy) is 2. The van der Waals surface area contributed by atoms with Crippen LogP contribution in [0.5, 0.6) is 17.2 Å². The van der Waals surface area contributed by atoms with Crippen molar-refractivity contribution >= 4 is 0 Å². The monoisotopic (exact) mass is 256 g/mol. The van der Waals surface area contributed by atoms with Gasteiger partial charge in [-0.1, -0.05) is 18.2 Å². The normalized spacial score (nSPS) is 18.1. The number of rotatable bonds is 2. The molecule has 0 radical (unpaired) electrons. The summed E-state index contributed by atoms with van der Waals surface area (Å²) in [4.78, 5) is 0. The van der Waals surface area contributed by atoms with Crippen molar-refractivity contribution in [2.45, 2.75) is 18.9 Å². The minimum Gasteiger partial charge on any atom is -0.493 e. The van der Waals surface area contributed by atoms with Crippen molar-refractivity contribution in [3.8, 4) is 17.2 Å². The fourth-order valence-electron chi connectivity index (χ4n) is 2.22. The molecule has 98 valence electrons. The van der Waals surface area contributed by atoms with Gasteiger partial charge in [0.25, 0.3) is 0 Å². The van der Waals surface area contributed by atoms with Crippen molar-refractivity contribution in [1.29, 1.82) is 0 Å². The number of aliphatic hydroxyl groups excluding tert-OH is 1. The number of aliphatic hydroxyl groups is 1. The van der Waals surface area contributed by atoms with E-state index in [-0.39, 0.29) is 0 Å². The van der Waals surface area contributed by atoms with Crippen LogP contribution in [0.1, 0.15) is 24.5 Å². The summed E-state index contributed by atoms with van der Waals surface area (Å²) in [5.41, 5.74) is 0.811. The molecule has 19 heavy (non-hydrogen) atoms. The fraction of sp³-hybridized carbons (Fsp3) is 0.250. The quantitative estimate of drug-likeness (QED) is 0.890. The van der Waals surface area contributed by atoms with Crippen LogP contribution in [-0.2, 0) is 0 Å². The number of hydrogen-bond donors (Lipinski definition) is 1. The summed E-state index contributed by atoms with van der Waals surface area (Å²) in [6.07, 6.45) is 1.11. The average molecular weight is 256 g/mol. The summed E-state index contributed by atoms with van der Waals surface area (Å²) < 4.78 is 11.4. The van der Waals surface area contributed by atoms with E-state index in [9.17, 15) is 5.11 Å². The maximum atomic E-state index is 10.1. The molecule has 1 heterocycles. The molecule has 0 saturated heterocycles. The van der Waals surface area contributed by atoms with Crippen molar-refractivity contribution in [3.63, 3.8) is 0 Å². The molecular weight excluding hydrogens is 240 g/mol. The summed E-state index contributed by atoms with van der Waals surface area (Å²) in [5.74, 6) is 2.26. The smallest absolute Gasteiger partial charge is 0.128 e. The molecule has 2 aromatic rings. The van der Waals surface area contributed by atoms with Gasteiger partial charge in [0, 0.05) is 5.56 Å². The van der Waals surface area contributed by atoms with E-state index in [1.54, 1.807) is 0 Å². The molecule has 1 atom stereocenters. The molecule has 3 heteroatoms. The van der Waals surface area contributed by atoms with Crippen LogP contribution in [0.25, 0.3) is 0 Å². The molecule has 0 aliphatic carbocycles. The third kappa shape index (κ3) is 2.71. The van der Waals surface area contributed by atoms with Crippen LogP contribution < -0.4 is 9.47 Å².